The van der Waals surface area contributed by atoms with E-state index >= 15 is 0 Å². The Kier molecular flexibility index (Phi) is 4.53. The zero-order chi connectivity index (χ0) is 18.1. The predicted octanol–water partition coefficient (Wildman–Crippen LogP) is 0.321. The SMILES string of the molecule is Cn1cnc(S(=O)(=O)N2CCN(c3cc(N4CCCC4)ncn3)CC2)c1. The summed E-state index contributed by atoms with van der Waals surface area (Å²) in [5.41, 5.74) is 0. The van der Waals surface area contributed by atoms with Crippen molar-refractivity contribution in [3.05, 3.63) is 24.9 Å². The Bertz CT molecular complexity index is 868. The lowest BCUT2D eigenvalue weighted by Crippen LogP contribution is -2.49. The van der Waals surface area contributed by atoms with Crippen LogP contribution < -0.4 is 9.80 Å². The van der Waals surface area contributed by atoms with Crippen LogP contribution >= 0.6 is 0 Å². The van der Waals surface area contributed by atoms with E-state index in [2.05, 4.69) is 24.8 Å². The lowest BCUT2D eigenvalue weighted by Gasteiger charge is -2.34. The molecule has 0 unspecified atom stereocenters. The molecule has 0 aromatic carbocycles. The van der Waals surface area contributed by atoms with Crippen molar-refractivity contribution >= 4 is 21.7 Å². The summed E-state index contributed by atoms with van der Waals surface area (Å²) in [7, 11) is -1.77. The van der Waals surface area contributed by atoms with Gasteiger partial charge in [0.1, 0.15) is 18.0 Å². The molecule has 0 saturated carbocycles. The van der Waals surface area contributed by atoms with E-state index in [9.17, 15) is 8.42 Å². The van der Waals surface area contributed by atoms with E-state index in [1.807, 2.05) is 6.07 Å². The maximum atomic E-state index is 12.7. The third kappa shape index (κ3) is 3.26. The highest BCUT2D eigenvalue weighted by atomic mass is 32.2. The monoisotopic (exact) mass is 377 g/mol. The zero-order valence-electron chi connectivity index (χ0n) is 14.8. The van der Waals surface area contributed by atoms with Gasteiger partial charge in [0, 0.05) is 58.6 Å². The molecule has 4 heterocycles. The largest absolute Gasteiger partial charge is 0.356 e. The summed E-state index contributed by atoms with van der Waals surface area (Å²) in [6, 6.07) is 2.01. The minimum atomic E-state index is -3.53. The summed E-state index contributed by atoms with van der Waals surface area (Å²) >= 11 is 0. The third-order valence-corrected chi connectivity index (χ3v) is 6.70. The topological polar surface area (TPSA) is 87.5 Å². The van der Waals surface area contributed by atoms with E-state index in [1.165, 1.54) is 29.7 Å². The van der Waals surface area contributed by atoms with Gasteiger partial charge in [-0.1, -0.05) is 0 Å². The van der Waals surface area contributed by atoms with Gasteiger partial charge in [0.15, 0.2) is 5.03 Å². The molecule has 10 heteroatoms. The number of aromatic nitrogens is 4. The molecule has 2 saturated heterocycles. The van der Waals surface area contributed by atoms with E-state index in [0.29, 0.717) is 26.2 Å². The van der Waals surface area contributed by atoms with Gasteiger partial charge in [0.25, 0.3) is 10.0 Å². The molecule has 0 bridgehead atoms. The molecule has 0 radical (unpaired) electrons. The van der Waals surface area contributed by atoms with Gasteiger partial charge < -0.3 is 14.4 Å². The first-order chi connectivity index (χ1) is 12.5. The van der Waals surface area contributed by atoms with Crippen molar-refractivity contribution in [2.75, 3.05) is 49.1 Å². The molecule has 26 heavy (non-hydrogen) atoms. The number of aryl methyl sites for hydroxylation is 1. The smallest absolute Gasteiger partial charge is 0.262 e. The number of anilines is 2. The molecule has 2 fully saturated rings. The quantitative estimate of drug-likeness (QED) is 0.758. The molecule has 140 valence electrons. The summed E-state index contributed by atoms with van der Waals surface area (Å²) in [5, 5.41) is 0.104. The van der Waals surface area contributed by atoms with Gasteiger partial charge in [-0.05, 0) is 12.8 Å². The predicted molar refractivity (Wildman–Crippen MR) is 97.7 cm³/mol. The van der Waals surface area contributed by atoms with Crippen molar-refractivity contribution in [2.45, 2.75) is 17.9 Å². The van der Waals surface area contributed by atoms with Gasteiger partial charge in [0.05, 0.1) is 6.33 Å². The second kappa shape index (κ2) is 6.84. The van der Waals surface area contributed by atoms with Crippen LogP contribution in [0.4, 0.5) is 11.6 Å². The number of nitrogens with zero attached hydrogens (tertiary/aromatic N) is 7. The number of sulfonamides is 1. The normalized spacial score (nSPS) is 19.3. The second-order valence-electron chi connectivity index (χ2n) is 6.70. The van der Waals surface area contributed by atoms with Crippen LogP contribution in [0.2, 0.25) is 0 Å². The molecular weight excluding hydrogens is 354 g/mol. The van der Waals surface area contributed by atoms with Gasteiger partial charge in [-0.3, -0.25) is 0 Å². The highest BCUT2D eigenvalue weighted by molar-refractivity contribution is 7.89. The first-order valence-electron chi connectivity index (χ1n) is 8.84. The fourth-order valence-electron chi connectivity index (χ4n) is 3.44. The van der Waals surface area contributed by atoms with Crippen LogP contribution in [-0.2, 0) is 17.1 Å². The minimum Gasteiger partial charge on any atom is -0.356 e. The van der Waals surface area contributed by atoms with Crippen molar-refractivity contribution in [3.63, 3.8) is 0 Å². The van der Waals surface area contributed by atoms with Crippen molar-refractivity contribution in [1.82, 2.24) is 23.8 Å². The van der Waals surface area contributed by atoms with Gasteiger partial charge in [0.2, 0.25) is 0 Å². The van der Waals surface area contributed by atoms with E-state index in [1.54, 1.807) is 17.9 Å². The standard InChI is InChI=1S/C16H23N7O2S/c1-20-11-16(19-13-20)26(24,25)23-8-6-22(7-9-23)15-10-14(17-12-18-15)21-4-2-3-5-21/h10-13H,2-9H2,1H3. The first-order valence-corrected chi connectivity index (χ1v) is 10.3. The average Bonchev–Trinajstić information content (AvgIpc) is 3.34. The van der Waals surface area contributed by atoms with Crippen LogP contribution in [0.25, 0.3) is 0 Å². The number of hydrogen-bond donors (Lipinski definition) is 0. The molecule has 2 aromatic rings. The van der Waals surface area contributed by atoms with Crippen LogP contribution in [0.3, 0.4) is 0 Å². The Labute approximate surface area is 153 Å². The zero-order valence-corrected chi connectivity index (χ0v) is 15.6. The van der Waals surface area contributed by atoms with Crippen LogP contribution in [-0.4, -0.2) is 71.5 Å². The van der Waals surface area contributed by atoms with Crippen LogP contribution in [0.5, 0.6) is 0 Å². The Hall–Kier alpha value is -2.20. The molecule has 2 aliphatic heterocycles. The molecule has 0 amide bonds. The van der Waals surface area contributed by atoms with E-state index < -0.39 is 10.0 Å². The summed E-state index contributed by atoms with van der Waals surface area (Å²) in [6.45, 7) is 4.11. The maximum absolute atomic E-state index is 12.7. The van der Waals surface area contributed by atoms with E-state index in [4.69, 9.17) is 0 Å². The molecule has 9 nitrogen and oxygen atoms in total. The fraction of sp³-hybridized carbons (Fsp3) is 0.562. The van der Waals surface area contributed by atoms with Crippen LogP contribution in [0.1, 0.15) is 12.8 Å². The van der Waals surface area contributed by atoms with Crippen molar-refractivity contribution in [3.8, 4) is 0 Å². The number of hydrogen-bond acceptors (Lipinski definition) is 7. The highest BCUT2D eigenvalue weighted by Crippen LogP contribution is 2.23. The number of imidazole rings is 1. The summed E-state index contributed by atoms with van der Waals surface area (Å²) in [4.78, 5) is 17.1. The molecule has 0 aliphatic carbocycles. The Morgan fingerprint density at radius 3 is 2.08 bits per heavy atom. The minimum absolute atomic E-state index is 0.104. The molecule has 4 rings (SSSR count). The summed E-state index contributed by atoms with van der Waals surface area (Å²) in [6.07, 6.45) is 7.03. The van der Waals surface area contributed by atoms with Crippen molar-refractivity contribution < 1.29 is 8.42 Å². The second-order valence-corrected chi connectivity index (χ2v) is 8.58. The van der Waals surface area contributed by atoms with Crippen molar-refractivity contribution in [2.24, 2.45) is 7.05 Å². The molecule has 0 N–H and O–H groups in total. The lowest BCUT2D eigenvalue weighted by atomic mass is 10.3. The van der Waals surface area contributed by atoms with Gasteiger partial charge >= 0.3 is 0 Å². The Balaban J connectivity index is 1.44. The number of rotatable bonds is 4. The molecule has 0 atom stereocenters. The molecule has 2 aliphatic rings. The third-order valence-electron chi connectivity index (χ3n) is 4.92. The van der Waals surface area contributed by atoms with Crippen molar-refractivity contribution in [1.29, 1.82) is 0 Å². The Morgan fingerprint density at radius 2 is 1.50 bits per heavy atom. The van der Waals surface area contributed by atoms with Crippen LogP contribution in [0.15, 0.2) is 29.9 Å². The molecule has 2 aromatic heterocycles. The number of piperazine rings is 1. The summed E-state index contributed by atoms with van der Waals surface area (Å²) in [5.74, 6) is 1.81. The highest BCUT2D eigenvalue weighted by Gasteiger charge is 2.30. The lowest BCUT2D eigenvalue weighted by molar-refractivity contribution is 0.382. The Morgan fingerprint density at radius 1 is 0.885 bits per heavy atom. The fourth-order valence-corrected chi connectivity index (χ4v) is 4.83. The van der Waals surface area contributed by atoms with Gasteiger partial charge in [-0.25, -0.2) is 23.4 Å². The van der Waals surface area contributed by atoms with Gasteiger partial charge in [-0.15, -0.1) is 0 Å². The first kappa shape index (κ1) is 17.2. The summed E-state index contributed by atoms with van der Waals surface area (Å²) < 4.78 is 28.5. The average molecular weight is 377 g/mol. The molecule has 0 spiro atoms. The maximum Gasteiger partial charge on any atom is 0.262 e. The molecular formula is C16H23N7O2S. The van der Waals surface area contributed by atoms with Gasteiger partial charge in [-0.2, -0.15) is 4.31 Å². The van der Waals surface area contributed by atoms with Crippen LogP contribution in [0, 0.1) is 0 Å². The van der Waals surface area contributed by atoms with E-state index in [0.717, 1.165) is 24.7 Å². The van der Waals surface area contributed by atoms with E-state index in [-0.39, 0.29) is 5.03 Å².